The largest absolute Gasteiger partial charge is 0.364 e. The highest BCUT2D eigenvalue weighted by molar-refractivity contribution is 5.99. The molecule has 5 heteroatoms. The van der Waals surface area contributed by atoms with Gasteiger partial charge in [-0.3, -0.25) is 9.59 Å². The number of carbonyl (C=O) groups excluding carboxylic acids is 2. The number of rotatable bonds is 4. The van der Waals surface area contributed by atoms with Crippen LogP contribution in [0.2, 0.25) is 0 Å². The Morgan fingerprint density at radius 1 is 1.07 bits per heavy atom. The molecular formula is C25H27N3O2. The first-order valence-electron chi connectivity index (χ1n) is 10.7. The van der Waals surface area contributed by atoms with Crippen molar-refractivity contribution in [2.45, 2.75) is 56.8 Å². The Labute approximate surface area is 177 Å². The van der Waals surface area contributed by atoms with Crippen LogP contribution < -0.4 is 10.6 Å². The third-order valence-corrected chi connectivity index (χ3v) is 6.78. The van der Waals surface area contributed by atoms with Crippen molar-refractivity contribution in [3.8, 4) is 0 Å². The maximum absolute atomic E-state index is 13.6. The molecule has 3 heterocycles. The van der Waals surface area contributed by atoms with E-state index in [2.05, 4.69) is 42.7 Å². The number of piperazine rings is 1. The number of nitrogens with one attached hydrogen (secondary N) is 2. The van der Waals surface area contributed by atoms with Crippen LogP contribution in [0, 0.1) is 0 Å². The summed E-state index contributed by atoms with van der Waals surface area (Å²) in [5.74, 6) is -0.0337. The molecule has 2 N–H and O–H groups in total. The molecule has 2 aromatic carbocycles. The van der Waals surface area contributed by atoms with Gasteiger partial charge in [-0.25, -0.2) is 0 Å². The van der Waals surface area contributed by atoms with E-state index in [9.17, 15) is 9.59 Å². The first-order valence-corrected chi connectivity index (χ1v) is 10.7. The standard InChI is InChI=1S/C25H27N3O2/c1-16(2)12-13-25-15-21-22(29)26-20(14-17-8-4-3-5-9-17)23(30)28(21)24(25)27-19-11-7-6-10-18(19)25/h3-12,20-21,24,27H,13-15H2,1-2H3,(H,26,29)/t20-,21-,24-,25-/m0/s1. The maximum Gasteiger partial charge on any atom is 0.247 e. The fourth-order valence-corrected chi connectivity index (χ4v) is 5.35. The molecule has 5 rings (SSSR count). The van der Waals surface area contributed by atoms with Crippen molar-refractivity contribution in [2.75, 3.05) is 5.32 Å². The lowest BCUT2D eigenvalue weighted by Crippen LogP contribution is -2.64. The molecule has 30 heavy (non-hydrogen) atoms. The fourth-order valence-electron chi connectivity index (χ4n) is 5.35. The highest BCUT2D eigenvalue weighted by Gasteiger charge is 2.62. The van der Waals surface area contributed by atoms with Crippen molar-refractivity contribution in [2.24, 2.45) is 0 Å². The van der Waals surface area contributed by atoms with Gasteiger partial charge >= 0.3 is 0 Å². The van der Waals surface area contributed by atoms with E-state index >= 15 is 0 Å². The van der Waals surface area contributed by atoms with Gasteiger partial charge in [-0.15, -0.1) is 0 Å². The van der Waals surface area contributed by atoms with Gasteiger partial charge in [0, 0.05) is 17.5 Å². The second-order valence-corrected chi connectivity index (χ2v) is 8.95. The summed E-state index contributed by atoms with van der Waals surface area (Å²) in [6.45, 7) is 4.19. The maximum atomic E-state index is 13.6. The molecule has 2 fully saturated rings. The van der Waals surface area contributed by atoms with Gasteiger partial charge in [0.15, 0.2) is 0 Å². The fraction of sp³-hybridized carbons (Fsp3) is 0.360. The number of fused-ring (bicyclic) bond motifs is 5. The van der Waals surface area contributed by atoms with Crippen LogP contribution in [0.3, 0.4) is 0 Å². The number of carbonyl (C=O) groups is 2. The molecule has 0 unspecified atom stereocenters. The zero-order chi connectivity index (χ0) is 20.9. The Morgan fingerprint density at radius 3 is 2.57 bits per heavy atom. The van der Waals surface area contributed by atoms with Crippen LogP contribution in [-0.2, 0) is 21.4 Å². The second-order valence-electron chi connectivity index (χ2n) is 8.95. The molecular weight excluding hydrogens is 374 g/mol. The van der Waals surface area contributed by atoms with E-state index in [1.54, 1.807) is 0 Å². The molecule has 2 saturated heterocycles. The van der Waals surface area contributed by atoms with Gasteiger partial charge in [0.1, 0.15) is 18.2 Å². The molecule has 2 amide bonds. The number of para-hydroxylation sites is 1. The van der Waals surface area contributed by atoms with Gasteiger partial charge in [0.2, 0.25) is 11.8 Å². The number of anilines is 1. The van der Waals surface area contributed by atoms with Crippen molar-refractivity contribution >= 4 is 17.5 Å². The SMILES string of the molecule is CC(C)=CC[C@@]12C[C@H]3C(=O)N[C@@H](Cc4ccccc4)C(=O)N3[C@@H]1Nc1ccccc12. The van der Waals surface area contributed by atoms with Gasteiger partial charge < -0.3 is 15.5 Å². The van der Waals surface area contributed by atoms with Crippen LogP contribution >= 0.6 is 0 Å². The topological polar surface area (TPSA) is 61.4 Å². The second kappa shape index (κ2) is 7.01. The van der Waals surface area contributed by atoms with E-state index in [0.29, 0.717) is 12.8 Å². The van der Waals surface area contributed by atoms with E-state index in [1.165, 1.54) is 11.1 Å². The van der Waals surface area contributed by atoms with Gasteiger partial charge in [-0.05, 0) is 43.9 Å². The zero-order valence-electron chi connectivity index (χ0n) is 17.4. The molecule has 0 bridgehead atoms. The first-order chi connectivity index (χ1) is 14.5. The van der Waals surface area contributed by atoms with Gasteiger partial charge in [0.25, 0.3) is 0 Å². The molecule has 3 aliphatic heterocycles. The van der Waals surface area contributed by atoms with Crippen molar-refractivity contribution in [1.82, 2.24) is 10.2 Å². The predicted molar refractivity (Wildman–Crippen MR) is 117 cm³/mol. The van der Waals surface area contributed by atoms with Crippen LogP contribution in [0.1, 0.15) is 37.8 Å². The van der Waals surface area contributed by atoms with Gasteiger partial charge in [0.05, 0.1) is 0 Å². The van der Waals surface area contributed by atoms with Crippen LogP contribution in [0.4, 0.5) is 5.69 Å². The number of amides is 2. The Kier molecular flexibility index (Phi) is 4.42. The molecule has 3 aliphatic rings. The third-order valence-electron chi connectivity index (χ3n) is 6.78. The lowest BCUT2D eigenvalue weighted by molar-refractivity contribution is -0.148. The molecule has 0 aromatic heterocycles. The number of allylic oxidation sites excluding steroid dienone is 2. The van der Waals surface area contributed by atoms with E-state index in [4.69, 9.17) is 0 Å². The molecule has 2 aromatic rings. The first kappa shape index (κ1) is 18.9. The number of hydrogen-bond acceptors (Lipinski definition) is 3. The monoisotopic (exact) mass is 401 g/mol. The molecule has 0 aliphatic carbocycles. The van der Waals surface area contributed by atoms with Crippen LogP contribution in [0.15, 0.2) is 66.2 Å². The smallest absolute Gasteiger partial charge is 0.247 e. The Hall–Kier alpha value is -3.08. The minimum atomic E-state index is -0.527. The summed E-state index contributed by atoms with van der Waals surface area (Å²) in [6.07, 6.45) is 3.99. The van der Waals surface area contributed by atoms with E-state index < -0.39 is 12.1 Å². The van der Waals surface area contributed by atoms with Gasteiger partial charge in [-0.1, -0.05) is 60.2 Å². The molecule has 0 radical (unpaired) electrons. The summed E-state index contributed by atoms with van der Waals surface area (Å²) in [5, 5.41) is 6.60. The van der Waals surface area contributed by atoms with Crippen LogP contribution in [-0.4, -0.2) is 35.0 Å². The molecule has 4 atom stereocenters. The lowest BCUT2D eigenvalue weighted by Gasteiger charge is -2.38. The average molecular weight is 402 g/mol. The molecule has 0 saturated carbocycles. The normalized spacial score (nSPS) is 28.9. The summed E-state index contributed by atoms with van der Waals surface area (Å²) in [6, 6.07) is 17.2. The minimum Gasteiger partial charge on any atom is -0.364 e. The quantitative estimate of drug-likeness (QED) is 0.772. The highest BCUT2D eigenvalue weighted by atomic mass is 16.2. The summed E-state index contributed by atoms with van der Waals surface area (Å²) in [7, 11) is 0. The third kappa shape index (κ3) is 2.83. The summed E-state index contributed by atoms with van der Waals surface area (Å²) < 4.78 is 0. The molecule has 5 nitrogen and oxygen atoms in total. The Balaban J connectivity index is 1.52. The van der Waals surface area contributed by atoms with Crippen molar-refractivity contribution in [3.05, 3.63) is 77.4 Å². The Morgan fingerprint density at radius 2 is 1.80 bits per heavy atom. The van der Waals surface area contributed by atoms with Gasteiger partial charge in [-0.2, -0.15) is 0 Å². The highest BCUT2D eigenvalue weighted by Crippen LogP contribution is 2.54. The van der Waals surface area contributed by atoms with E-state index in [0.717, 1.165) is 17.7 Å². The Bertz CT molecular complexity index is 1030. The summed E-state index contributed by atoms with van der Waals surface area (Å²) in [5.41, 5.74) is 4.29. The minimum absolute atomic E-state index is 0.00725. The molecule has 154 valence electrons. The number of nitrogens with zero attached hydrogens (tertiary/aromatic N) is 1. The van der Waals surface area contributed by atoms with Crippen molar-refractivity contribution in [1.29, 1.82) is 0 Å². The van der Waals surface area contributed by atoms with Crippen LogP contribution in [0.5, 0.6) is 0 Å². The lowest BCUT2D eigenvalue weighted by atomic mass is 9.75. The van der Waals surface area contributed by atoms with E-state index in [-0.39, 0.29) is 23.4 Å². The van der Waals surface area contributed by atoms with Crippen LogP contribution in [0.25, 0.3) is 0 Å². The zero-order valence-corrected chi connectivity index (χ0v) is 17.4. The van der Waals surface area contributed by atoms with E-state index in [1.807, 2.05) is 47.4 Å². The summed E-state index contributed by atoms with van der Waals surface area (Å²) in [4.78, 5) is 28.5. The van der Waals surface area contributed by atoms with Crippen molar-refractivity contribution in [3.63, 3.8) is 0 Å². The average Bonchev–Trinajstić information content (AvgIpc) is 3.23. The number of benzene rings is 2. The predicted octanol–water partition coefficient (Wildman–Crippen LogP) is 3.37. The van der Waals surface area contributed by atoms with Crippen molar-refractivity contribution < 1.29 is 9.59 Å². The number of hydrogen-bond donors (Lipinski definition) is 2. The summed E-state index contributed by atoms with van der Waals surface area (Å²) >= 11 is 0. The molecule has 0 spiro atoms.